The maximum absolute atomic E-state index is 11.8. The first-order valence-electron chi connectivity index (χ1n) is 5.29. The fraction of sp³-hybridized carbons (Fsp3) is 0.167. The summed E-state index contributed by atoms with van der Waals surface area (Å²) in [7, 11) is 0. The largest absolute Gasteiger partial charge is 0.485 e. The summed E-state index contributed by atoms with van der Waals surface area (Å²) in [5.41, 5.74) is 11.5. The van der Waals surface area contributed by atoms with Gasteiger partial charge in [-0.15, -0.1) is 0 Å². The van der Waals surface area contributed by atoms with Gasteiger partial charge in [-0.1, -0.05) is 11.6 Å². The lowest BCUT2D eigenvalue weighted by atomic mass is 10.0. The van der Waals surface area contributed by atoms with E-state index in [1.807, 2.05) is 0 Å². The monoisotopic (exact) mass is 265 g/mol. The number of carbonyl (C=O) groups excluding carboxylic acids is 1. The Morgan fingerprint density at radius 3 is 2.83 bits per heavy atom. The maximum Gasteiger partial charge on any atom is 0.279 e. The van der Waals surface area contributed by atoms with Crippen LogP contribution in [0.4, 0.5) is 0 Å². The fourth-order valence-corrected chi connectivity index (χ4v) is 1.85. The van der Waals surface area contributed by atoms with E-state index in [0.717, 1.165) is 5.56 Å². The molecule has 18 heavy (non-hydrogen) atoms. The first-order chi connectivity index (χ1) is 8.47. The van der Waals surface area contributed by atoms with Crippen molar-refractivity contribution in [2.24, 2.45) is 16.5 Å². The molecule has 1 aromatic rings. The lowest BCUT2D eigenvalue weighted by Gasteiger charge is -2.22. The van der Waals surface area contributed by atoms with Crippen LogP contribution in [0.3, 0.4) is 0 Å². The predicted octanol–water partition coefficient (Wildman–Crippen LogP) is 1.30. The van der Waals surface area contributed by atoms with E-state index in [2.05, 4.69) is 4.99 Å². The van der Waals surface area contributed by atoms with Gasteiger partial charge in [0, 0.05) is 10.6 Å². The van der Waals surface area contributed by atoms with Crippen LogP contribution in [0.15, 0.2) is 28.8 Å². The molecule has 0 fully saturated rings. The number of hydrogen-bond acceptors (Lipinski definition) is 2. The number of amides is 1. The molecule has 6 heteroatoms. The van der Waals surface area contributed by atoms with E-state index in [1.54, 1.807) is 31.2 Å². The molecule has 0 aromatic heterocycles. The Balaban J connectivity index is 2.41. The zero-order chi connectivity index (χ0) is 13.3. The lowest BCUT2D eigenvalue weighted by molar-refractivity contribution is -0.115. The molecule has 1 aliphatic heterocycles. The molecule has 1 amide bonds. The maximum atomic E-state index is 11.8. The van der Waals surface area contributed by atoms with Crippen molar-refractivity contribution >= 4 is 29.5 Å². The number of fused-ring (bicyclic) bond motifs is 1. The topological polar surface area (TPSA) is 90.7 Å². The molecule has 0 radical (unpaired) electrons. The second kappa shape index (κ2) is 4.70. The van der Waals surface area contributed by atoms with Crippen molar-refractivity contribution in [2.75, 3.05) is 0 Å². The van der Waals surface area contributed by atoms with E-state index in [1.165, 1.54) is 0 Å². The lowest BCUT2D eigenvalue weighted by Crippen LogP contribution is -2.28. The molecule has 0 aliphatic carbocycles. The van der Waals surface area contributed by atoms with Crippen LogP contribution in [-0.4, -0.2) is 18.0 Å². The Morgan fingerprint density at radius 1 is 1.44 bits per heavy atom. The minimum Gasteiger partial charge on any atom is -0.485 e. The van der Waals surface area contributed by atoms with Crippen molar-refractivity contribution in [3.63, 3.8) is 0 Å². The van der Waals surface area contributed by atoms with Gasteiger partial charge in [0.2, 0.25) is 0 Å². The molecular formula is C12H12ClN3O2. The Morgan fingerprint density at radius 2 is 2.17 bits per heavy atom. The van der Waals surface area contributed by atoms with E-state index < -0.39 is 12.0 Å². The highest BCUT2D eigenvalue weighted by Gasteiger charge is 2.24. The number of nitrogens with two attached hydrogens (primary N) is 2. The average molecular weight is 266 g/mol. The van der Waals surface area contributed by atoms with E-state index in [9.17, 15) is 4.79 Å². The Bertz CT molecular complexity index is 562. The first kappa shape index (κ1) is 12.4. The number of guanidine groups is 1. The molecule has 0 bridgehead atoms. The molecule has 1 heterocycles. The van der Waals surface area contributed by atoms with E-state index in [-0.39, 0.29) is 5.96 Å². The first-order valence-corrected chi connectivity index (χ1v) is 5.67. The number of carbonyl (C=O) groups is 1. The van der Waals surface area contributed by atoms with Gasteiger partial charge in [-0.3, -0.25) is 4.79 Å². The third-order valence-corrected chi connectivity index (χ3v) is 2.74. The number of benzene rings is 1. The summed E-state index contributed by atoms with van der Waals surface area (Å²) >= 11 is 5.87. The summed E-state index contributed by atoms with van der Waals surface area (Å²) in [5.74, 6) is -0.130. The molecule has 5 nitrogen and oxygen atoms in total. The molecule has 1 atom stereocenters. The Labute approximate surface area is 109 Å². The minimum absolute atomic E-state index is 0.269. The molecule has 0 saturated carbocycles. The van der Waals surface area contributed by atoms with Crippen LogP contribution in [0.25, 0.3) is 6.08 Å². The number of rotatable bonds is 1. The Kier molecular flexibility index (Phi) is 3.25. The van der Waals surface area contributed by atoms with Crippen molar-refractivity contribution in [3.05, 3.63) is 34.4 Å². The number of halogens is 1. The van der Waals surface area contributed by atoms with Crippen molar-refractivity contribution in [1.29, 1.82) is 0 Å². The highest BCUT2D eigenvalue weighted by molar-refractivity contribution is 6.30. The van der Waals surface area contributed by atoms with Gasteiger partial charge in [0.1, 0.15) is 11.9 Å². The predicted molar refractivity (Wildman–Crippen MR) is 70.3 cm³/mol. The number of aliphatic imine (C=N–C) groups is 1. The second-order valence-electron chi connectivity index (χ2n) is 3.88. The highest BCUT2D eigenvalue weighted by Crippen LogP contribution is 2.32. The molecule has 2 rings (SSSR count). The Hall–Kier alpha value is -2.01. The zero-order valence-corrected chi connectivity index (χ0v) is 10.4. The normalized spacial score (nSPS) is 17.2. The average Bonchev–Trinajstić information content (AvgIpc) is 2.26. The molecule has 4 N–H and O–H groups in total. The van der Waals surface area contributed by atoms with E-state index >= 15 is 0 Å². The van der Waals surface area contributed by atoms with Crippen LogP contribution in [0.2, 0.25) is 5.02 Å². The molecule has 1 aromatic carbocycles. The minimum atomic E-state index is -0.497. The van der Waals surface area contributed by atoms with Crippen molar-refractivity contribution in [3.8, 4) is 5.75 Å². The number of ether oxygens (including phenoxy) is 1. The highest BCUT2D eigenvalue weighted by atomic mass is 35.5. The van der Waals surface area contributed by atoms with Crippen LogP contribution < -0.4 is 16.2 Å². The van der Waals surface area contributed by atoms with Crippen LogP contribution in [0, 0.1) is 0 Å². The second-order valence-corrected chi connectivity index (χ2v) is 4.32. The van der Waals surface area contributed by atoms with E-state index in [4.69, 9.17) is 27.8 Å². The van der Waals surface area contributed by atoms with Gasteiger partial charge in [0.05, 0.1) is 5.57 Å². The number of hydrogen-bond donors (Lipinski definition) is 2. The molecule has 0 saturated heterocycles. The summed E-state index contributed by atoms with van der Waals surface area (Å²) in [6.45, 7) is 1.75. The van der Waals surface area contributed by atoms with Crippen molar-refractivity contribution in [2.45, 2.75) is 13.0 Å². The van der Waals surface area contributed by atoms with Crippen LogP contribution >= 0.6 is 11.6 Å². The summed E-state index contributed by atoms with van der Waals surface area (Å²) in [6.07, 6.45) is 1.28. The summed E-state index contributed by atoms with van der Waals surface area (Å²) in [4.78, 5) is 15.3. The smallest absolute Gasteiger partial charge is 0.279 e. The summed E-state index contributed by atoms with van der Waals surface area (Å²) in [6, 6.07) is 5.19. The van der Waals surface area contributed by atoms with Gasteiger partial charge in [0.25, 0.3) is 5.91 Å². The third kappa shape index (κ3) is 2.46. The van der Waals surface area contributed by atoms with Crippen LogP contribution in [0.1, 0.15) is 12.5 Å². The molecule has 94 valence electrons. The molecule has 1 aliphatic rings. The quantitative estimate of drug-likeness (QED) is 0.592. The van der Waals surface area contributed by atoms with E-state index in [0.29, 0.717) is 16.3 Å². The molecule has 0 spiro atoms. The van der Waals surface area contributed by atoms with Gasteiger partial charge in [-0.2, -0.15) is 4.99 Å². The van der Waals surface area contributed by atoms with Gasteiger partial charge < -0.3 is 16.2 Å². The standard InChI is InChI=1S/C12H12ClN3O2/c1-6-9(11(17)16-12(14)15)4-7-2-3-8(13)5-10(7)18-6/h2-6H,1H3,(H4,14,15,16,17). The van der Waals surface area contributed by atoms with Gasteiger partial charge in [-0.05, 0) is 31.2 Å². The van der Waals surface area contributed by atoms with Crippen molar-refractivity contribution in [1.82, 2.24) is 0 Å². The van der Waals surface area contributed by atoms with Gasteiger partial charge in [0.15, 0.2) is 5.96 Å². The zero-order valence-electron chi connectivity index (χ0n) is 9.68. The van der Waals surface area contributed by atoms with Crippen LogP contribution in [-0.2, 0) is 4.79 Å². The van der Waals surface area contributed by atoms with Crippen LogP contribution in [0.5, 0.6) is 5.75 Å². The molecular weight excluding hydrogens is 254 g/mol. The van der Waals surface area contributed by atoms with Gasteiger partial charge >= 0.3 is 0 Å². The van der Waals surface area contributed by atoms with Gasteiger partial charge in [-0.25, -0.2) is 0 Å². The fourth-order valence-electron chi connectivity index (χ4n) is 1.69. The third-order valence-electron chi connectivity index (χ3n) is 2.51. The SMILES string of the molecule is CC1Oc2cc(Cl)ccc2C=C1C(=O)N=C(N)N. The molecule has 1 unspecified atom stereocenters. The summed E-state index contributed by atoms with van der Waals surface area (Å²) in [5, 5.41) is 0.577. The summed E-state index contributed by atoms with van der Waals surface area (Å²) < 4.78 is 5.60. The number of nitrogens with zero attached hydrogens (tertiary/aromatic N) is 1. The van der Waals surface area contributed by atoms with Crippen molar-refractivity contribution < 1.29 is 9.53 Å².